The lowest BCUT2D eigenvalue weighted by atomic mass is 10.1. The summed E-state index contributed by atoms with van der Waals surface area (Å²) in [6, 6.07) is 6.95. The zero-order valence-corrected chi connectivity index (χ0v) is 11.8. The molecule has 19 heavy (non-hydrogen) atoms. The van der Waals surface area contributed by atoms with Crippen LogP contribution in [-0.4, -0.2) is 16.2 Å². The van der Waals surface area contributed by atoms with E-state index in [0.29, 0.717) is 24.5 Å². The molecule has 2 N–H and O–H groups in total. The van der Waals surface area contributed by atoms with Crippen LogP contribution in [0, 0.1) is 13.8 Å². The van der Waals surface area contributed by atoms with Crippen LogP contribution in [0.3, 0.4) is 0 Å². The number of hydrogen-bond acceptors (Lipinski definition) is 5. The van der Waals surface area contributed by atoms with Crippen LogP contribution in [0.2, 0.25) is 0 Å². The molecule has 0 spiro atoms. The van der Waals surface area contributed by atoms with Gasteiger partial charge in [-0.1, -0.05) is 37.1 Å². The largest absolute Gasteiger partial charge is 0.406 e. The maximum atomic E-state index is 5.55. The smallest absolute Gasteiger partial charge is 0.320 e. The lowest BCUT2D eigenvalue weighted by Crippen LogP contribution is -2.21. The Kier molecular flexibility index (Phi) is 4.16. The second-order valence-electron chi connectivity index (χ2n) is 4.93. The maximum absolute atomic E-state index is 5.55. The average Bonchev–Trinajstić information content (AvgIpc) is 2.79. The molecule has 0 unspecified atom stereocenters. The van der Waals surface area contributed by atoms with Crippen molar-refractivity contribution in [2.45, 2.75) is 40.3 Å². The molecular formula is C14H20N4O. The van der Waals surface area contributed by atoms with E-state index in [1.54, 1.807) is 0 Å². The first-order chi connectivity index (χ1) is 9.06. The van der Waals surface area contributed by atoms with Gasteiger partial charge in [-0.2, -0.15) is 0 Å². The van der Waals surface area contributed by atoms with E-state index in [9.17, 15) is 0 Å². The number of benzene rings is 1. The van der Waals surface area contributed by atoms with Gasteiger partial charge in [0.1, 0.15) is 0 Å². The Morgan fingerprint density at radius 3 is 2.47 bits per heavy atom. The van der Waals surface area contributed by atoms with Gasteiger partial charge < -0.3 is 15.1 Å². The van der Waals surface area contributed by atoms with Gasteiger partial charge in [0.15, 0.2) is 0 Å². The second-order valence-corrected chi connectivity index (χ2v) is 4.93. The van der Waals surface area contributed by atoms with Crippen LogP contribution in [0.4, 0.5) is 11.7 Å². The van der Waals surface area contributed by atoms with Gasteiger partial charge in [-0.3, -0.25) is 0 Å². The summed E-state index contributed by atoms with van der Waals surface area (Å²) >= 11 is 0. The summed E-state index contributed by atoms with van der Waals surface area (Å²) in [5, 5.41) is 14.4. The highest BCUT2D eigenvalue weighted by atomic mass is 16.4. The van der Waals surface area contributed by atoms with Crippen LogP contribution in [0.25, 0.3) is 0 Å². The molecule has 0 bridgehead atoms. The predicted molar refractivity (Wildman–Crippen MR) is 75.5 cm³/mol. The monoisotopic (exact) mass is 260 g/mol. The van der Waals surface area contributed by atoms with E-state index in [1.807, 2.05) is 32.0 Å². The Hall–Kier alpha value is -1.88. The van der Waals surface area contributed by atoms with Crippen molar-refractivity contribution >= 4 is 11.7 Å². The number of hydrogen-bond donors (Lipinski definition) is 2. The lowest BCUT2D eigenvalue weighted by molar-refractivity contribution is 0.460. The van der Waals surface area contributed by atoms with Gasteiger partial charge in [-0.05, 0) is 25.0 Å². The maximum Gasteiger partial charge on any atom is 0.320 e. The highest BCUT2D eigenvalue weighted by molar-refractivity contribution is 5.61. The van der Waals surface area contributed by atoms with Crippen molar-refractivity contribution in [1.29, 1.82) is 0 Å². The molecule has 1 heterocycles. The molecule has 0 atom stereocenters. The van der Waals surface area contributed by atoms with E-state index >= 15 is 0 Å². The van der Waals surface area contributed by atoms with E-state index in [1.165, 1.54) is 0 Å². The number of aromatic nitrogens is 2. The number of rotatable bonds is 5. The van der Waals surface area contributed by atoms with E-state index in [-0.39, 0.29) is 0 Å². The molecule has 5 nitrogen and oxygen atoms in total. The van der Waals surface area contributed by atoms with E-state index in [2.05, 4.69) is 34.7 Å². The van der Waals surface area contributed by atoms with Gasteiger partial charge in [0.2, 0.25) is 5.89 Å². The second kappa shape index (κ2) is 5.84. The lowest BCUT2D eigenvalue weighted by Gasteiger charge is -2.08. The third-order valence-corrected chi connectivity index (χ3v) is 2.84. The first-order valence-electron chi connectivity index (χ1n) is 6.45. The van der Waals surface area contributed by atoms with Crippen molar-refractivity contribution in [3.05, 3.63) is 35.2 Å². The number of anilines is 2. The zero-order chi connectivity index (χ0) is 13.8. The topological polar surface area (TPSA) is 63.0 Å². The van der Waals surface area contributed by atoms with Crippen LogP contribution in [0.5, 0.6) is 0 Å². The SMILES string of the molecule is Cc1cccc(C)c1Nc1nnc(CNC(C)C)o1. The first kappa shape index (κ1) is 13.5. The van der Waals surface area contributed by atoms with Gasteiger partial charge >= 0.3 is 6.01 Å². The Balaban J connectivity index is 2.07. The molecule has 0 saturated heterocycles. The van der Waals surface area contributed by atoms with Crippen molar-refractivity contribution in [3.8, 4) is 0 Å². The highest BCUT2D eigenvalue weighted by Gasteiger charge is 2.09. The molecule has 0 aliphatic heterocycles. The fourth-order valence-electron chi connectivity index (χ4n) is 1.79. The van der Waals surface area contributed by atoms with Gasteiger partial charge in [0, 0.05) is 11.7 Å². The Labute approximate surface area is 113 Å². The number of nitrogens with zero attached hydrogens (tertiary/aromatic N) is 2. The number of para-hydroxylation sites is 1. The van der Waals surface area contributed by atoms with Crippen LogP contribution in [-0.2, 0) is 6.54 Å². The third-order valence-electron chi connectivity index (χ3n) is 2.84. The van der Waals surface area contributed by atoms with Crippen molar-refractivity contribution < 1.29 is 4.42 Å². The quantitative estimate of drug-likeness (QED) is 0.865. The van der Waals surface area contributed by atoms with Gasteiger partial charge in [-0.15, -0.1) is 5.10 Å². The Bertz CT molecular complexity index is 528. The van der Waals surface area contributed by atoms with Crippen molar-refractivity contribution in [1.82, 2.24) is 15.5 Å². The summed E-state index contributed by atoms with van der Waals surface area (Å²) in [5.74, 6) is 0.586. The standard InChI is InChI=1S/C14H20N4O/c1-9(2)15-8-12-17-18-14(19-12)16-13-10(3)6-5-7-11(13)4/h5-7,9,15H,8H2,1-4H3,(H,16,18). The number of nitrogens with one attached hydrogen (secondary N) is 2. The predicted octanol–water partition coefficient (Wildman–Crippen LogP) is 2.93. The summed E-state index contributed by atoms with van der Waals surface area (Å²) in [5.41, 5.74) is 3.33. The van der Waals surface area contributed by atoms with Crippen LogP contribution in [0.15, 0.2) is 22.6 Å². The fraction of sp³-hybridized carbons (Fsp3) is 0.429. The van der Waals surface area contributed by atoms with Crippen molar-refractivity contribution in [2.24, 2.45) is 0 Å². The molecule has 0 radical (unpaired) electrons. The summed E-state index contributed by atoms with van der Waals surface area (Å²) in [6.07, 6.45) is 0. The van der Waals surface area contributed by atoms with Crippen molar-refractivity contribution in [2.75, 3.05) is 5.32 Å². The molecule has 102 valence electrons. The third kappa shape index (κ3) is 3.54. The van der Waals surface area contributed by atoms with Crippen LogP contribution < -0.4 is 10.6 Å². The van der Waals surface area contributed by atoms with Crippen LogP contribution >= 0.6 is 0 Å². The van der Waals surface area contributed by atoms with Gasteiger partial charge in [0.25, 0.3) is 0 Å². The molecule has 2 rings (SSSR count). The normalized spacial score (nSPS) is 11.0. The number of aryl methyl sites for hydroxylation is 2. The summed E-state index contributed by atoms with van der Waals surface area (Å²) in [6.45, 7) is 8.83. The summed E-state index contributed by atoms with van der Waals surface area (Å²) in [7, 11) is 0. The molecule has 5 heteroatoms. The van der Waals surface area contributed by atoms with E-state index in [0.717, 1.165) is 16.8 Å². The van der Waals surface area contributed by atoms with E-state index in [4.69, 9.17) is 4.42 Å². The highest BCUT2D eigenvalue weighted by Crippen LogP contribution is 2.23. The van der Waals surface area contributed by atoms with E-state index < -0.39 is 0 Å². The molecule has 0 aliphatic carbocycles. The summed E-state index contributed by atoms with van der Waals surface area (Å²) < 4.78 is 5.55. The molecule has 0 amide bonds. The van der Waals surface area contributed by atoms with Gasteiger partial charge in [0.05, 0.1) is 6.54 Å². The molecule has 1 aromatic carbocycles. The summed E-state index contributed by atoms with van der Waals surface area (Å²) in [4.78, 5) is 0. The minimum absolute atomic E-state index is 0.391. The Morgan fingerprint density at radius 2 is 1.84 bits per heavy atom. The fourth-order valence-corrected chi connectivity index (χ4v) is 1.79. The minimum atomic E-state index is 0.391. The molecule has 0 saturated carbocycles. The molecule has 2 aromatic rings. The van der Waals surface area contributed by atoms with Crippen LogP contribution in [0.1, 0.15) is 30.9 Å². The zero-order valence-electron chi connectivity index (χ0n) is 11.8. The van der Waals surface area contributed by atoms with Gasteiger partial charge in [-0.25, -0.2) is 0 Å². The Morgan fingerprint density at radius 1 is 1.16 bits per heavy atom. The first-order valence-corrected chi connectivity index (χ1v) is 6.45. The molecule has 1 aromatic heterocycles. The average molecular weight is 260 g/mol. The molecular weight excluding hydrogens is 240 g/mol. The minimum Gasteiger partial charge on any atom is -0.406 e. The van der Waals surface area contributed by atoms with Crippen molar-refractivity contribution in [3.63, 3.8) is 0 Å². The molecule has 0 aliphatic rings. The molecule has 0 fully saturated rings.